The van der Waals surface area contributed by atoms with Gasteiger partial charge in [0.05, 0.1) is 54.4 Å². The number of benzene rings is 1. The number of nitrogens with one attached hydrogen (secondary N) is 2. The van der Waals surface area contributed by atoms with Gasteiger partial charge in [-0.1, -0.05) is 12.1 Å². The Morgan fingerprint density at radius 3 is 2.23 bits per heavy atom. The number of methoxy groups -OCH3 is 1. The van der Waals surface area contributed by atoms with E-state index in [0.29, 0.717) is 17.3 Å². The lowest BCUT2D eigenvalue weighted by Crippen LogP contribution is -2.34. The van der Waals surface area contributed by atoms with Crippen molar-refractivity contribution in [1.82, 2.24) is 15.6 Å². The summed E-state index contributed by atoms with van der Waals surface area (Å²) in [7, 11) is 1.44. The fraction of sp³-hybridized carbons (Fsp3) is 0.333. The number of carbonyl (C=O) groups excluding carboxylic acids is 3. The predicted molar refractivity (Wildman–Crippen MR) is 147 cm³/mol. The van der Waals surface area contributed by atoms with Crippen LogP contribution in [0.5, 0.6) is 5.88 Å². The van der Waals surface area contributed by atoms with Crippen LogP contribution >= 0.6 is 0 Å². The van der Waals surface area contributed by atoms with Crippen LogP contribution < -0.4 is 15.4 Å². The van der Waals surface area contributed by atoms with Gasteiger partial charge in [-0.15, -0.1) is 10.1 Å². The summed E-state index contributed by atoms with van der Waals surface area (Å²) in [6.45, 7) is 2.36. The van der Waals surface area contributed by atoms with Gasteiger partial charge in [-0.3, -0.25) is 14.9 Å². The van der Waals surface area contributed by atoms with Crippen molar-refractivity contribution in [2.24, 2.45) is 0 Å². The maximum Gasteiger partial charge on any atom is 0.336 e. The number of amides is 1. The molecule has 0 radical (unpaired) electrons. The number of carbonyl (C=O) groups is 3. The minimum Gasteiger partial charge on any atom is -0.481 e. The molecule has 0 spiro atoms. The Morgan fingerprint density at radius 2 is 1.65 bits per heavy atom. The number of non-ortho nitro benzene ring substituents is 1. The molecule has 2 heterocycles. The lowest BCUT2D eigenvalue weighted by atomic mass is 9.80. The monoisotopic (exact) mass is 599 g/mol. The van der Waals surface area contributed by atoms with E-state index in [4.69, 9.17) is 14.2 Å². The molecular weight excluding hydrogens is 570 g/mol. The molecule has 16 nitrogen and oxygen atoms in total. The van der Waals surface area contributed by atoms with E-state index in [9.17, 15) is 34.6 Å². The van der Waals surface area contributed by atoms with Crippen LogP contribution in [-0.4, -0.2) is 66.3 Å². The molecule has 1 aliphatic rings. The molecule has 0 saturated heterocycles. The molecule has 1 aromatic heterocycles. The minimum absolute atomic E-state index is 0.000383. The van der Waals surface area contributed by atoms with Gasteiger partial charge in [0.15, 0.2) is 0 Å². The Morgan fingerprint density at radius 1 is 0.977 bits per heavy atom. The van der Waals surface area contributed by atoms with Crippen LogP contribution in [0.3, 0.4) is 0 Å². The SMILES string of the molecule is COc1ccc(C(=O)NCCOC(=O)C2=C(C)NC(C)=C(C(=O)OCCCO[N+](=O)[O-])C2c2cccc([N+](=O)[O-])c2)cn1. The molecule has 2 aromatic rings. The van der Waals surface area contributed by atoms with Gasteiger partial charge in [-0.05, 0) is 25.5 Å². The van der Waals surface area contributed by atoms with E-state index in [1.165, 1.54) is 49.7 Å². The molecule has 1 unspecified atom stereocenters. The number of allylic oxidation sites excluding steroid dienone is 2. The summed E-state index contributed by atoms with van der Waals surface area (Å²) in [5.41, 5.74) is 0.918. The van der Waals surface area contributed by atoms with Crippen LogP contribution in [0.2, 0.25) is 0 Å². The van der Waals surface area contributed by atoms with Gasteiger partial charge in [0.1, 0.15) is 6.61 Å². The van der Waals surface area contributed by atoms with E-state index in [-0.39, 0.29) is 60.7 Å². The molecule has 1 aliphatic heterocycles. The molecule has 0 bridgehead atoms. The number of hydrogen-bond donors (Lipinski definition) is 2. The van der Waals surface area contributed by atoms with Gasteiger partial charge in [-0.25, -0.2) is 14.6 Å². The van der Waals surface area contributed by atoms with Gasteiger partial charge >= 0.3 is 11.9 Å². The van der Waals surface area contributed by atoms with E-state index < -0.39 is 33.8 Å². The predicted octanol–water partition coefficient (Wildman–Crippen LogP) is 2.35. The third kappa shape index (κ3) is 8.48. The second-order valence-electron chi connectivity index (χ2n) is 9.01. The Balaban J connectivity index is 1.78. The maximum absolute atomic E-state index is 13.4. The maximum atomic E-state index is 13.4. The van der Waals surface area contributed by atoms with Gasteiger partial charge in [0.25, 0.3) is 16.7 Å². The lowest BCUT2D eigenvalue weighted by molar-refractivity contribution is -0.757. The van der Waals surface area contributed by atoms with Crippen LogP contribution in [0.25, 0.3) is 0 Å². The standard InChI is InChI=1S/C27H29N5O11/c1-16-22(26(34)41-11-5-12-43-32(38)39)24(18-6-4-7-20(14-18)31(36)37)23(17(2)30-16)27(35)42-13-10-28-25(33)19-8-9-21(40-3)29-15-19/h4,6-9,14-15,24,30H,5,10-13H2,1-3H3,(H,28,33). The zero-order valence-corrected chi connectivity index (χ0v) is 23.5. The first-order chi connectivity index (χ1) is 20.5. The highest BCUT2D eigenvalue weighted by Crippen LogP contribution is 2.40. The van der Waals surface area contributed by atoms with E-state index >= 15 is 0 Å². The topological polar surface area (TPSA) is 211 Å². The molecule has 2 N–H and O–H groups in total. The van der Waals surface area contributed by atoms with E-state index in [1.807, 2.05) is 0 Å². The number of aromatic nitrogens is 1. The van der Waals surface area contributed by atoms with Crippen molar-refractivity contribution in [3.63, 3.8) is 0 Å². The molecule has 3 rings (SSSR count). The third-order valence-electron chi connectivity index (χ3n) is 6.16. The molecule has 0 aliphatic carbocycles. The van der Waals surface area contributed by atoms with Crippen LogP contribution in [0.4, 0.5) is 5.69 Å². The van der Waals surface area contributed by atoms with Crippen molar-refractivity contribution in [3.05, 3.63) is 96.5 Å². The number of hydrogen-bond acceptors (Lipinski definition) is 13. The normalized spacial score (nSPS) is 14.3. The number of nitro benzene ring substituents is 1. The van der Waals surface area contributed by atoms with Crippen LogP contribution in [-0.2, 0) is 23.9 Å². The van der Waals surface area contributed by atoms with Gasteiger partial charge in [0, 0.05) is 42.2 Å². The van der Waals surface area contributed by atoms with Crippen molar-refractivity contribution in [3.8, 4) is 5.88 Å². The van der Waals surface area contributed by atoms with Crippen LogP contribution in [0.15, 0.2) is 65.1 Å². The zero-order chi connectivity index (χ0) is 31.5. The smallest absolute Gasteiger partial charge is 0.336 e. The Hall–Kier alpha value is -5.54. The first kappa shape index (κ1) is 32.0. The van der Waals surface area contributed by atoms with Crippen molar-refractivity contribution in [2.45, 2.75) is 26.2 Å². The molecule has 1 amide bonds. The van der Waals surface area contributed by atoms with Gasteiger partial charge in [-0.2, -0.15) is 0 Å². The first-order valence-corrected chi connectivity index (χ1v) is 12.9. The van der Waals surface area contributed by atoms with E-state index in [2.05, 4.69) is 20.5 Å². The summed E-state index contributed by atoms with van der Waals surface area (Å²) in [4.78, 5) is 68.4. The number of pyridine rings is 1. The zero-order valence-electron chi connectivity index (χ0n) is 23.5. The Kier molecular flexibility index (Phi) is 11.1. The van der Waals surface area contributed by atoms with Crippen molar-refractivity contribution in [2.75, 3.05) is 33.5 Å². The molecule has 1 aromatic carbocycles. The highest BCUT2D eigenvalue weighted by atomic mass is 16.9. The average molecular weight is 600 g/mol. The van der Waals surface area contributed by atoms with Crippen molar-refractivity contribution >= 4 is 23.5 Å². The van der Waals surface area contributed by atoms with Crippen LogP contribution in [0.1, 0.15) is 42.1 Å². The van der Waals surface area contributed by atoms with Gasteiger partial charge < -0.3 is 29.7 Å². The molecule has 228 valence electrons. The fourth-order valence-electron chi connectivity index (χ4n) is 4.25. The number of rotatable bonds is 14. The minimum atomic E-state index is -1.11. The summed E-state index contributed by atoms with van der Waals surface area (Å²) in [6, 6.07) is 8.49. The fourth-order valence-corrected chi connectivity index (χ4v) is 4.25. The lowest BCUT2D eigenvalue weighted by Gasteiger charge is -2.30. The number of nitrogens with zero attached hydrogens (tertiary/aromatic N) is 3. The second-order valence-corrected chi connectivity index (χ2v) is 9.01. The number of nitro groups is 1. The molecular formula is C27H29N5O11. The summed E-state index contributed by atoms with van der Waals surface area (Å²) < 4.78 is 15.7. The molecule has 0 saturated carbocycles. The quantitative estimate of drug-likeness (QED) is 0.138. The molecule has 16 heteroatoms. The van der Waals surface area contributed by atoms with Gasteiger partial charge in [0.2, 0.25) is 5.88 Å². The summed E-state index contributed by atoms with van der Waals surface area (Å²) in [5, 5.41) is 26.4. The first-order valence-electron chi connectivity index (χ1n) is 12.9. The summed E-state index contributed by atoms with van der Waals surface area (Å²) >= 11 is 0. The number of esters is 2. The number of ether oxygens (including phenoxy) is 3. The number of dihydropyridines is 1. The van der Waals surface area contributed by atoms with E-state index in [0.717, 1.165) is 0 Å². The van der Waals surface area contributed by atoms with E-state index in [1.54, 1.807) is 13.8 Å². The highest BCUT2D eigenvalue weighted by Gasteiger charge is 2.38. The second kappa shape index (κ2) is 14.9. The largest absolute Gasteiger partial charge is 0.481 e. The molecule has 0 fully saturated rings. The molecule has 1 atom stereocenters. The highest BCUT2D eigenvalue weighted by molar-refractivity contribution is 6.00. The summed E-state index contributed by atoms with van der Waals surface area (Å²) in [5.74, 6) is -2.91. The Labute approximate surface area is 244 Å². The summed E-state index contributed by atoms with van der Waals surface area (Å²) in [6.07, 6.45) is 1.35. The average Bonchev–Trinajstić information content (AvgIpc) is 2.98. The van der Waals surface area contributed by atoms with Crippen LogP contribution in [0, 0.1) is 20.2 Å². The Bertz CT molecular complexity index is 1450. The third-order valence-corrected chi connectivity index (χ3v) is 6.16. The van der Waals surface area contributed by atoms with Crippen molar-refractivity contribution < 1.29 is 43.4 Å². The van der Waals surface area contributed by atoms with Crippen molar-refractivity contribution in [1.29, 1.82) is 0 Å². The molecule has 43 heavy (non-hydrogen) atoms.